The fourth-order valence-corrected chi connectivity index (χ4v) is 6.92. The Morgan fingerprint density at radius 1 is 0.904 bits per heavy atom. The Hall–Kier alpha value is -4.66. The Balaban J connectivity index is 0.00000168. The van der Waals surface area contributed by atoms with E-state index in [4.69, 9.17) is 35.7 Å². The topological polar surface area (TPSA) is 128 Å². The number of carboxylic acid groups (broad SMARTS) is 1. The number of aliphatic hydroxyl groups excluding tert-OH is 1. The van der Waals surface area contributed by atoms with E-state index in [2.05, 4.69) is 52.0 Å². The van der Waals surface area contributed by atoms with Gasteiger partial charge in [0.15, 0.2) is 0 Å². The predicted molar refractivity (Wildman–Crippen MR) is 201 cm³/mol. The summed E-state index contributed by atoms with van der Waals surface area (Å²) in [6.45, 7) is 8.57. The van der Waals surface area contributed by atoms with E-state index in [0.717, 1.165) is 91.2 Å². The third kappa shape index (κ3) is 10.9. The van der Waals surface area contributed by atoms with Gasteiger partial charge in [-0.3, -0.25) is 14.7 Å². The molecule has 0 spiro atoms. The molecule has 0 aliphatic carbocycles. The van der Waals surface area contributed by atoms with Crippen LogP contribution in [-0.4, -0.2) is 76.9 Å². The minimum atomic E-state index is -0.250. The van der Waals surface area contributed by atoms with Crippen LogP contribution in [0.1, 0.15) is 59.9 Å². The van der Waals surface area contributed by atoms with Crippen molar-refractivity contribution < 1.29 is 29.2 Å². The molecule has 1 aromatic heterocycles. The molecule has 2 aliphatic heterocycles. The van der Waals surface area contributed by atoms with E-state index < -0.39 is 0 Å². The zero-order valence-corrected chi connectivity index (χ0v) is 30.4. The number of pyridine rings is 1. The highest BCUT2D eigenvalue weighted by atomic mass is 35.5. The van der Waals surface area contributed by atoms with Gasteiger partial charge in [0.1, 0.15) is 36.5 Å². The number of para-hydroxylation sites is 1. The lowest BCUT2D eigenvalue weighted by Gasteiger charge is -2.27. The molecule has 1 atom stereocenters. The SMILES string of the molecule is Cc1c(COc2cc(OCc3cncc(C#N)c3)c(CN3CCCCC3)cc2Cl)cccc1-c1ccccc1OCCCN1CCC(O)C1.O=CO. The summed E-state index contributed by atoms with van der Waals surface area (Å²) in [5, 5.41) is 26.6. The van der Waals surface area contributed by atoms with E-state index in [1.54, 1.807) is 18.5 Å². The highest BCUT2D eigenvalue weighted by molar-refractivity contribution is 6.32. The zero-order valence-electron chi connectivity index (χ0n) is 29.7. The summed E-state index contributed by atoms with van der Waals surface area (Å²) in [7, 11) is 0. The second-order valence-electron chi connectivity index (χ2n) is 13.1. The molecule has 4 aromatic rings. The third-order valence-electron chi connectivity index (χ3n) is 9.41. The lowest BCUT2D eigenvalue weighted by molar-refractivity contribution is -0.122. The number of carbonyl (C=O) groups is 1. The van der Waals surface area contributed by atoms with Crippen molar-refractivity contribution in [3.05, 3.63) is 106 Å². The van der Waals surface area contributed by atoms with Crippen LogP contribution in [-0.2, 0) is 24.6 Å². The van der Waals surface area contributed by atoms with Crippen molar-refractivity contribution in [3.63, 3.8) is 0 Å². The maximum atomic E-state index is 9.81. The zero-order chi connectivity index (χ0) is 36.7. The third-order valence-corrected chi connectivity index (χ3v) is 9.70. The number of aliphatic hydroxyl groups is 1. The lowest BCUT2D eigenvalue weighted by Crippen LogP contribution is -2.29. The van der Waals surface area contributed by atoms with Crippen molar-refractivity contribution in [1.82, 2.24) is 14.8 Å². The monoisotopic (exact) mass is 726 g/mol. The van der Waals surface area contributed by atoms with E-state index in [0.29, 0.717) is 35.3 Å². The Labute approximate surface area is 311 Å². The van der Waals surface area contributed by atoms with Gasteiger partial charge in [-0.2, -0.15) is 5.26 Å². The van der Waals surface area contributed by atoms with E-state index in [1.807, 2.05) is 30.3 Å². The second-order valence-corrected chi connectivity index (χ2v) is 13.5. The van der Waals surface area contributed by atoms with Crippen LogP contribution < -0.4 is 14.2 Å². The van der Waals surface area contributed by atoms with Crippen LogP contribution in [0.4, 0.5) is 0 Å². The Bertz CT molecular complexity index is 1810. The summed E-state index contributed by atoms with van der Waals surface area (Å²) in [4.78, 5) is 17.3. The summed E-state index contributed by atoms with van der Waals surface area (Å²) < 4.78 is 19.0. The molecule has 2 saturated heterocycles. The van der Waals surface area contributed by atoms with Gasteiger partial charge in [-0.1, -0.05) is 54.4 Å². The average Bonchev–Trinajstić information content (AvgIpc) is 3.58. The number of nitrogens with zero attached hydrogens (tertiary/aromatic N) is 4. The molecule has 52 heavy (non-hydrogen) atoms. The average molecular weight is 727 g/mol. The van der Waals surface area contributed by atoms with E-state index in [1.165, 1.54) is 19.3 Å². The van der Waals surface area contributed by atoms with Crippen LogP contribution >= 0.6 is 11.6 Å². The molecule has 0 bridgehead atoms. The minimum absolute atomic E-state index is 0.201. The molecule has 3 heterocycles. The van der Waals surface area contributed by atoms with Gasteiger partial charge in [0.25, 0.3) is 6.47 Å². The van der Waals surface area contributed by atoms with Gasteiger partial charge in [0.05, 0.1) is 23.3 Å². The molecule has 10 nitrogen and oxygen atoms in total. The quantitative estimate of drug-likeness (QED) is 0.101. The van der Waals surface area contributed by atoms with Crippen molar-refractivity contribution in [2.45, 2.75) is 64.9 Å². The van der Waals surface area contributed by atoms with E-state index in [-0.39, 0.29) is 19.2 Å². The number of halogens is 1. The summed E-state index contributed by atoms with van der Waals surface area (Å²) >= 11 is 6.86. The predicted octanol–water partition coefficient (Wildman–Crippen LogP) is 7.26. The first-order chi connectivity index (χ1) is 25.4. The molecule has 274 valence electrons. The van der Waals surface area contributed by atoms with Crippen LogP contribution in [0.5, 0.6) is 17.2 Å². The van der Waals surface area contributed by atoms with Gasteiger partial charge in [0.2, 0.25) is 0 Å². The Morgan fingerprint density at radius 2 is 1.67 bits per heavy atom. The molecular formula is C41H47ClN4O6. The van der Waals surface area contributed by atoms with Crippen LogP contribution in [0.2, 0.25) is 5.02 Å². The van der Waals surface area contributed by atoms with Crippen LogP contribution in [0.3, 0.4) is 0 Å². The largest absolute Gasteiger partial charge is 0.493 e. The van der Waals surface area contributed by atoms with Crippen molar-refractivity contribution in [3.8, 4) is 34.4 Å². The molecule has 2 N–H and O–H groups in total. The summed E-state index contributed by atoms with van der Waals surface area (Å²) in [5.41, 5.74) is 6.64. The normalized spacial score (nSPS) is 16.0. The maximum absolute atomic E-state index is 9.81. The maximum Gasteiger partial charge on any atom is 0.290 e. The fraction of sp³-hybridized carbons (Fsp3) is 0.390. The van der Waals surface area contributed by atoms with Gasteiger partial charge in [0, 0.05) is 61.3 Å². The molecule has 1 unspecified atom stereocenters. The molecule has 2 fully saturated rings. The molecule has 0 radical (unpaired) electrons. The van der Waals surface area contributed by atoms with Gasteiger partial charge >= 0.3 is 0 Å². The number of aromatic nitrogens is 1. The number of rotatable bonds is 14. The van der Waals surface area contributed by atoms with E-state index >= 15 is 0 Å². The van der Waals surface area contributed by atoms with Gasteiger partial charge < -0.3 is 29.3 Å². The van der Waals surface area contributed by atoms with E-state index in [9.17, 15) is 10.4 Å². The number of ether oxygens (including phenoxy) is 3. The van der Waals surface area contributed by atoms with Crippen LogP contribution in [0.15, 0.2) is 73.1 Å². The Morgan fingerprint density at radius 3 is 2.44 bits per heavy atom. The lowest BCUT2D eigenvalue weighted by atomic mass is 9.96. The van der Waals surface area contributed by atoms with Crippen LogP contribution in [0, 0.1) is 18.3 Å². The molecule has 6 rings (SSSR count). The number of β-amino-alcohol motifs (C(OH)–C–C–N with tert-alkyl or cyclic N) is 1. The van der Waals surface area contributed by atoms with Crippen molar-refractivity contribution in [2.24, 2.45) is 0 Å². The molecule has 0 saturated carbocycles. The highest BCUT2D eigenvalue weighted by Crippen LogP contribution is 2.37. The van der Waals surface area contributed by atoms with Gasteiger partial charge in [-0.15, -0.1) is 0 Å². The Kier molecular flexibility index (Phi) is 14.7. The van der Waals surface area contributed by atoms with Crippen molar-refractivity contribution in [2.75, 3.05) is 39.3 Å². The number of benzene rings is 3. The van der Waals surface area contributed by atoms with Crippen molar-refractivity contribution in [1.29, 1.82) is 5.26 Å². The molecule has 11 heteroatoms. The van der Waals surface area contributed by atoms with Crippen molar-refractivity contribution >= 4 is 18.1 Å². The first kappa shape index (κ1) is 38.6. The molecule has 3 aromatic carbocycles. The number of hydrogen-bond acceptors (Lipinski definition) is 9. The number of likely N-dealkylation sites (tertiary alicyclic amines) is 2. The first-order valence-corrected chi connectivity index (χ1v) is 18.2. The molecule has 2 aliphatic rings. The second kappa shape index (κ2) is 19.8. The summed E-state index contributed by atoms with van der Waals surface area (Å²) in [6, 6.07) is 22.2. The minimum Gasteiger partial charge on any atom is -0.493 e. The molecular weight excluding hydrogens is 680 g/mol. The summed E-state index contributed by atoms with van der Waals surface area (Å²) in [5.74, 6) is 2.13. The standard InChI is InChI=1S/C40H45ClN4O4.CH2O2/c1-29-32(9-7-11-35(29)36-10-3-4-12-38(36)47-18-8-16-45-17-13-34(46)26-45)28-49-40-21-39(48-27-31-19-30(22-42)23-43-24-31)33(20-37(40)41)25-44-14-5-2-6-15-44;2-1-3/h3-4,7,9-12,19-21,23-24,34,46H,2,5-6,8,13-18,25-28H2,1H3;1H,(H,2,3). The highest BCUT2D eigenvalue weighted by Gasteiger charge is 2.20. The summed E-state index contributed by atoms with van der Waals surface area (Å²) in [6.07, 6.45) is 8.47. The number of hydrogen-bond donors (Lipinski definition) is 2. The van der Waals surface area contributed by atoms with Gasteiger partial charge in [-0.05, 0) is 80.6 Å². The van der Waals surface area contributed by atoms with Crippen LogP contribution in [0.25, 0.3) is 11.1 Å². The molecule has 0 amide bonds. The number of piperidine rings is 1. The fourth-order valence-electron chi connectivity index (χ4n) is 6.68. The first-order valence-electron chi connectivity index (χ1n) is 17.8. The smallest absolute Gasteiger partial charge is 0.290 e. The van der Waals surface area contributed by atoms with Gasteiger partial charge in [-0.25, -0.2) is 0 Å². The number of nitriles is 1.